The molecule has 106 valence electrons. The standard InChI is InChI=1S/C13H13FN2O4/c1-2-3-12-15-11(16-20-12)7-19-10-5-8(13(17)18)4-9(14)6-10/h4-6H,2-3,7H2,1H3,(H,17,18). The van der Waals surface area contributed by atoms with Crippen molar-refractivity contribution in [2.24, 2.45) is 0 Å². The number of hydrogen-bond donors (Lipinski definition) is 1. The summed E-state index contributed by atoms with van der Waals surface area (Å²) in [5.41, 5.74) is -0.181. The van der Waals surface area contributed by atoms with Gasteiger partial charge in [-0.25, -0.2) is 9.18 Å². The molecule has 0 aliphatic heterocycles. The van der Waals surface area contributed by atoms with Gasteiger partial charge in [0.25, 0.3) is 0 Å². The molecule has 1 heterocycles. The number of ether oxygens (including phenoxy) is 1. The van der Waals surface area contributed by atoms with Crippen LogP contribution in [0.5, 0.6) is 5.75 Å². The Kier molecular flexibility index (Phi) is 4.29. The highest BCUT2D eigenvalue weighted by Crippen LogP contribution is 2.17. The summed E-state index contributed by atoms with van der Waals surface area (Å²) >= 11 is 0. The third kappa shape index (κ3) is 3.53. The summed E-state index contributed by atoms with van der Waals surface area (Å²) in [6, 6.07) is 3.25. The van der Waals surface area contributed by atoms with Gasteiger partial charge < -0.3 is 14.4 Å². The minimum Gasteiger partial charge on any atom is -0.485 e. The Morgan fingerprint density at radius 3 is 2.95 bits per heavy atom. The van der Waals surface area contributed by atoms with Crippen molar-refractivity contribution in [3.8, 4) is 5.75 Å². The number of hydrogen-bond acceptors (Lipinski definition) is 5. The van der Waals surface area contributed by atoms with Gasteiger partial charge in [0.2, 0.25) is 11.7 Å². The molecule has 0 unspecified atom stereocenters. The molecule has 0 saturated heterocycles. The molecule has 2 rings (SSSR count). The van der Waals surface area contributed by atoms with Crippen molar-refractivity contribution in [2.75, 3.05) is 0 Å². The summed E-state index contributed by atoms with van der Waals surface area (Å²) in [7, 11) is 0. The number of benzene rings is 1. The highest BCUT2D eigenvalue weighted by molar-refractivity contribution is 5.88. The Morgan fingerprint density at radius 2 is 2.25 bits per heavy atom. The maximum Gasteiger partial charge on any atom is 0.335 e. The van der Waals surface area contributed by atoms with Gasteiger partial charge in [-0.05, 0) is 18.6 Å². The second-order valence-corrected chi connectivity index (χ2v) is 4.12. The molecule has 6 nitrogen and oxygen atoms in total. The van der Waals surface area contributed by atoms with Crippen molar-refractivity contribution in [1.82, 2.24) is 10.1 Å². The van der Waals surface area contributed by atoms with E-state index in [0.29, 0.717) is 18.1 Å². The highest BCUT2D eigenvalue weighted by Gasteiger charge is 2.10. The van der Waals surface area contributed by atoms with Crippen LogP contribution in [0.3, 0.4) is 0 Å². The van der Waals surface area contributed by atoms with Gasteiger partial charge in [-0.15, -0.1) is 0 Å². The first-order chi connectivity index (χ1) is 9.58. The maximum atomic E-state index is 13.2. The van der Waals surface area contributed by atoms with E-state index < -0.39 is 11.8 Å². The summed E-state index contributed by atoms with van der Waals surface area (Å²) in [4.78, 5) is 14.9. The van der Waals surface area contributed by atoms with Crippen LogP contribution in [0.25, 0.3) is 0 Å². The van der Waals surface area contributed by atoms with Crippen LogP contribution < -0.4 is 4.74 Å². The van der Waals surface area contributed by atoms with Crippen LogP contribution in [0.2, 0.25) is 0 Å². The van der Waals surface area contributed by atoms with Crippen LogP contribution in [0.15, 0.2) is 22.7 Å². The number of aromatic carboxylic acids is 1. The molecule has 7 heteroatoms. The number of aromatic nitrogens is 2. The van der Waals surface area contributed by atoms with Crippen LogP contribution in [0.4, 0.5) is 4.39 Å². The predicted molar refractivity (Wildman–Crippen MR) is 66.0 cm³/mol. The largest absolute Gasteiger partial charge is 0.485 e. The van der Waals surface area contributed by atoms with E-state index in [1.807, 2.05) is 6.92 Å². The number of carbonyl (C=O) groups is 1. The minimum atomic E-state index is -1.22. The van der Waals surface area contributed by atoms with Crippen molar-refractivity contribution in [3.63, 3.8) is 0 Å². The number of aryl methyl sites for hydroxylation is 1. The summed E-state index contributed by atoms with van der Waals surface area (Å²) in [5.74, 6) is -0.964. The van der Waals surface area contributed by atoms with Crippen LogP contribution in [0.1, 0.15) is 35.4 Å². The summed E-state index contributed by atoms with van der Waals surface area (Å²) < 4.78 is 23.5. The number of halogens is 1. The first kappa shape index (κ1) is 14.0. The topological polar surface area (TPSA) is 85.5 Å². The Balaban J connectivity index is 2.04. The van der Waals surface area contributed by atoms with E-state index in [1.54, 1.807) is 0 Å². The lowest BCUT2D eigenvalue weighted by Gasteiger charge is -2.04. The second-order valence-electron chi connectivity index (χ2n) is 4.12. The van der Waals surface area contributed by atoms with Crippen molar-refractivity contribution in [1.29, 1.82) is 0 Å². The fraction of sp³-hybridized carbons (Fsp3) is 0.308. The lowest BCUT2D eigenvalue weighted by atomic mass is 10.2. The van der Waals surface area contributed by atoms with Gasteiger partial charge >= 0.3 is 5.97 Å². The van der Waals surface area contributed by atoms with Crippen LogP contribution in [-0.4, -0.2) is 21.2 Å². The quantitative estimate of drug-likeness (QED) is 0.874. The SMILES string of the molecule is CCCc1nc(COc2cc(F)cc(C(=O)O)c2)no1. The summed E-state index contributed by atoms with van der Waals surface area (Å²) in [6.45, 7) is 1.97. The molecule has 0 fully saturated rings. The monoisotopic (exact) mass is 280 g/mol. The van der Waals surface area contributed by atoms with Gasteiger partial charge in [0.15, 0.2) is 6.61 Å². The van der Waals surface area contributed by atoms with Gasteiger partial charge in [0, 0.05) is 12.5 Å². The highest BCUT2D eigenvalue weighted by atomic mass is 19.1. The number of carboxylic acid groups (broad SMARTS) is 1. The van der Waals surface area contributed by atoms with Crippen LogP contribution in [0, 0.1) is 5.82 Å². The Labute approximate surface area is 114 Å². The number of carboxylic acids is 1. The molecular weight excluding hydrogens is 267 g/mol. The summed E-state index contributed by atoms with van der Waals surface area (Å²) in [6.07, 6.45) is 1.56. The maximum absolute atomic E-state index is 13.2. The molecule has 20 heavy (non-hydrogen) atoms. The minimum absolute atomic E-state index is 0.0181. The molecule has 1 aromatic heterocycles. The van der Waals surface area contributed by atoms with E-state index >= 15 is 0 Å². The molecule has 0 atom stereocenters. The Hall–Kier alpha value is -2.44. The predicted octanol–water partition coefficient (Wildman–Crippen LogP) is 2.44. The third-order valence-electron chi connectivity index (χ3n) is 2.46. The Morgan fingerprint density at radius 1 is 1.45 bits per heavy atom. The van der Waals surface area contributed by atoms with Gasteiger partial charge in [-0.2, -0.15) is 4.98 Å². The van der Waals surface area contributed by atoms with E-state index in [1.165, 1.54) is 6.07 Å². The van der Waals surface area contributed by atoms with Crippen molar-refractivity contribution in [3.05, 3.63) is 41.3 Å². The van der Waals surface area contributed by atoms with E-state index in [9.17, 15) is 9.18 Å². The van der Waals surface area contributed by atoms with Crippen molar-refractivity contribution < 1.29 is 23.6 Å². The van der Waals surface area contributed by atoms with Gasteiger partial charge in [0.05, 0.1) is 5.56 Å². The molecule has 2 aromatic rings. The normalized spacial score (nSPS) is 10.5. The van der Waals surface area contributed by atoms with E-state index in [0.717, 1.165) is 18.6 Å². The molecule has 0 aliphatic rings. The molecule has 1 aromatic carbocycles. The number of nitrogens with zero attached hydrogens (tertiary/aromatic N) is 2. The average Bonchev–Trinajstić information content (AvgIpc) is 2.84. The van der Waals surface area contributed by atoms with E-state index in [4.69, 9.17) is 14.4 Å². The zero-order valence-corrected chi connectivity index (χ0v) is 10.8. The molecule has 0 radical (unpaired) electrons. The fourth-order valence-electron chi connectivity index (χ4n) is 1.58. The van der Waals surface area contributed by atoms with Crippen molar-refractivity contribution >= 4 is 5.97 Å². The van der Waals surface area contributed by atoms with Crippen LogP contribution in [-0.2, 0) is 13.0 Å². The molecular formula is C13H13FN2O4. The fourth-order valence-corrected chi connectivity index (χ4v) is 1.58. The number of rotatable bonds is 6. The van der Waals surface area contributed by atoms with Gasteiger partial charge in [-0.1, -0.05) is 12.1 Å². The van der Waals surface area contributed by atoms with Crippen molar-refractivity contribution in [2.45, 2.75) is 26.4 Å². The Bertz CT molecular complexity index is 612. The third-order valence-corrected chi connectivity index (χ3v) is 2.46. The molecule has 0 aliphatic carbocycles. The second kappa shape index (κ2) is 6.14. The summed E-state index contributed by atoms with van der Waals surface area (Å²) in [5, 5.41) is 12.5. The van der Waals surface area contributed by atoms with E-state index in [2.05, 4.69) is 10.1 Å². The van der Waals surface area contributed by atoms with Gasteiger partial charge in [0.1, 0.15) is 11.6 Å². The van der Waals surface area contributed by atoms with E-state index in [-0.39, 0.29) is 17.9 Å². The zero-order chi connectivity index (χ0) is 14.5. The molecule has 0 spiro atoms. The average molecular weight is 280 g/mol. The molecule has 0 amide bonds. The molecule has 1 N–H and O–H groups in total. The van der Waals surface area contributed by atoms with Gasteiger partial charge in [-0.3, -0.25) is 0 Å². The lowest BCUT2D eigenvalue weighted by molar-refractivity contribution is 0.0695. The molecule has 0 bridgehead atoms. The first-order valence-electron chi connectivity index (χ1n) is 6.06. The molecule has 0 saturated carbocycles. The van der Waals surface area contributed by atoms with Crippen LogP contribution >= 0.6 is 0 Å². The smallest absolute Gasteiger partial charge is 0.335 e. The zero-order valence-electron chi connectivity index (χ0n) is 10.8. The lowest BCUT2D eigenvalue weighted by Crippen LogP contribution is -2.01. The first-order valence-corrected chi connectivity index (χ1v) is 6.06.